The Balaban J connectivity index is 1.78. The summed E-state index contributed by atoms with van der Waals surface area (Å²) in [4.78, 5) is 44.9. The first-order valence-electron chi connectivity index (χ1n) is 10.3. The minimum atomic E-state index is -1.25. The van der Waals surface area contributed by atoms with Gasteiger partial charge < -0.3 is 9.64 Å². The van der Waals surface area contributed by atoms with E-state index in [2.05, 4.69) is 4.98 Å². The molecule has 3 aromatic rings. The van der Waals surface area contributed by atoms with Gasteiger partial charge in [0.2, 0.25) is 5.78 Å². The number of ether oxygens (including phenoxy) is 1. The lowest BCUT2D eigenvalue weighted by Gasteiger charge is -2.27. The van der Waals surface area contributed by atoms with Gasteiger partial charge in [-0.05, 0) is 60.5 Å². The largest absolute Gasteiger partial charge is 0.494 e. The van der Waals surface area contributed by atoms with Gasteiger partial charge in [-0.2, -0.15) is 0 Å². The topological polar surface area (TPSA) is 76.6 Å². The quantitative estimate of drug-likeness (QED) is 0.323. The van der Waals surface area contributed by atoms with E-state index in [-0.39, 0.29) is 12.1 Å². The molecule has 32 heavy (non-hydrogen) atoms. The van der Waals surface area contributed by atoms with Crippen LogP contribution in [0.5, 0.6) is 5.75 Å². The van der Waals surface area contributed by atoms with Crippen molar-refractivity contribution in [3.8, 4) is 5.75 Å². The number of Topliss-reactive ketones (excluding diaryl/α,β-unsaturated/α-hetero) is 2. The molecule has 162 valence electrons. The monoisotopic (exact) mass is 432 g/mol. The van der Waals surface area contributed by atoms with Crippen LogP contribution in [0.15, 0.2) is 73.1 Å². The number of halogens is 1. The molecule has 1 amide bonds. The fourth-order valence-corrected chi connectivity index (χ4v) is 3.97. The summed E-state index contributed by atoms with van der Waals surface area (Å²) in [6, 6.07) is 14.7. The number of ketones is 2. The molecule has 0 aliphatic carbocycles. The first kappa shape index (κ1) is 21.4. The van der Waals surface area contributed by atoms with Crippen molar-refractivity contribution in [3.63, 3.8) is 0 Å². The van der Waals surface area contributed by atoms with E-state index in [4.69, 9.17) is 4.74 Å². The Kier molecular flexibility index (Phi) is 6.07. The zero-order valence-electron chi connectivity index (χ0n) is 17.4. The second-order valence-electron chi connectivity index (χ2n) is 7.46. The summed E-state index contributed by atoms with van der Waals surface area (Å²) in [5.41, 5.74) is 1.51. The summed E-state index contributed by atoms with van der Waals surface area (Å²) in [7, 11) is 0. The molecular formula is C25H21FN2O4. The molecule has 0 radical (unpaired) electrons. The summed E-state index contributed by atoms with van der Waals surface area (Å²) in [6.07, 6.45) is 3.23. The Hall–Kier alpha value is -3.87. The maximum atomic E-state index is 13.4. The van der Waals surface area contributed by atoms with Crippen LogP contribution in [-0.4, -0.2) is 34.0 Å². The van der Waals surface area contributed by atoms with Crippen LogP contribution in [0.4, 0.5) is 4.39 Å². The standard InChI is InChI=1S/C25H21FN2O4/c1-2-32-20-7-3-6-18(13-20)22-21(23(29)17-8-10-19(26)11-9-17)24(30)25(31)28(22)15-16-5-4-12-27-14-16/h3-14,21-22H,2,15H2,1H3. The number of nitrogens with zero attached hydrogens (tertiary/aromatic N) is 2. The molecule has 2 heterocycles. The van der Waals surface area contributed by atoms with Gasteiger partial charge in [0.25, 0.3) is 5.91 Å². The second-order valence-corrected chi connectivity index (χ2v) is 7.46. The van der Waals surface area contributed by atoms with Crippen LogP contribution in [0.25, 0.3) is 0 Å². The number of aromatic nitrogens is 1. The molecule has 1 fully saturated rings. The number of rotatable bonds is 7. The predicted molar refractivity (Wildman–Crippen MR) is 114 cm³/mol. The highest BCUT2D eigenvalue weighted by molar-refractivity contribution is 6.44. The summed E-state index contributed by atoms with van der Waals surface area (Å²) in [5, 5.41) is 0. The van der Waals surface area contributed by atoms with Crippen molar-refractivity contribution in [1.29, 1.82) is 0 Å². The van der Waals surface area contributed by atoms with Crippen molar-refractivity contribution >= 4 is 17.5 Å². The Labute approximate surface area is 184 Å². The van der Waals surface area contributed by atoms with E-state index < -0.39 is 35.3 Å². The molecule has 1 aliphatic rings. The fourth-order valence-electron chi connectivity index (χ4n) is 3.97. The predicted octanol–water partition coefficient (Wildman–Crippen LogP) is 3.77. The number of hydrogen-bond acceptors (Lipinski definition) is 5. The van der Waals surface area contributed by atoms with Gasteiger partial charge >= 0.3 is 0 Å². The van der Waals surface area contributed by atoms with Crippen LogP contribution in [-0.2, 0) is 16.1 Å². The zero-order chi connectivity index (χ0) is 22.7. The van der Waals surface area contributed by atoms with Gasteiger partial charge in [0, 0.05) is 24.5 Å². The molecule has 1 saturated heterocycles. The zero-order valence-corrected chi connectivity index (χ0v) is 17.4. The van der Waals surface area contributed by atoms with E-state index in [1.807, 2.05) is 6.92 Å². The molecule has 0 saturated carbocycles. The Morgan fingerprint density at radius 1 is 1.09 bits per heavy atom. The van der Waals surface area contributed by atoms with E-state index >= 15 is 0 Å². The lowest BCUT2D eigenvalue weighted by molar-refractivity contribution is -0.141. The highest BCUT2D eigenvalue weighted by Crippen LogP contribution is 2.40. The smallest absolute Gasteiger partial charge is 0.291 e. The van der Waals surface area contributed by atoms with Gasteiger partial charge in [-0.1, -0.05) is 18.2 Å². The molecular weight excluding hydrogens is 411 g/mol. The number of benzene rings is 2. The Bertz CT molecular complexity index is 1150. The third-order valence-corrected chi connectivity index (χ3v) is 5.40. The Morgan fingerprint density at radius 3 is 2.56 bits per heavy atom. The fraction of sp³-hybridized carbons (Fsp3) is 0.200. The summed E-state index contributed by atoms with van der Waals surface area (Å²) in [5.74, 6) is -3.21. The number of amides is 1. The van der Waals surface area contributed by atoms with Crippen LogP contribution in [0, 0.1) is 11.7 Å². The third kappa shape index (κ3) is 4.14. The van der Waals surface area contributed by atoms with Crippen molar-refractivity contribution in [2.45, 2.75) is 19.5 Å². The van der Waals surface area contributed by atoms with Crippen molar-refractivity contribution in [3.05, 3.63) is 95.6 Å². The van der Waals surface area contributed by atoms with Gasteiger partial charge in [0.1, 0.15) is 17.5 Å². The van der Waals surface area contributed by atoms with E-state index in [9.17, 15) is 18.8 Å². The van der Waals surface area contributed by atoms with Gasteiger partial charge in [-0.25, -0.2) is 4.39 Å². The highest BCUT2D eigenvalue weighted by atomic mass is 19.1. The lowest BCUT2D eigenvalue weighted by Crippen LogP contribution is -2.30. The molecule has 2 unspecified atom stereocenters. The average Bonchev–Trinajstić information content (AvgIpc) is 3.05. The minimum Gasteiger partial charge on any atom is -0.494 e. The van der Waals surface area contributed by atoms with Crippen LogP contribution >= 0.6 is 0 Å². The van der Waals surface area contributed by atoms with Crippen LogP contribution in [0.2, 0.25) is 0 Å². The van der Waals surface area contributed by atoms with Gasteiger partial charge in [-0.3, -0.25) is 19.4 Å². The third-order valence-electron chi connectivity index (χ3n) is 5.40. The minimum absolute atomic E-state index is 0.120. The number of carbonyl (C=O) groups is 3. The highest BCUT2D eigenvalue weighted by Gasteiger charge is 2.51. The molecule has 7 heteroatoms. The maximum Gasteiger partial charge on any atom is 0.291 e. The number of pyridine rings is 1. The van der Waals surface area contributed by atoms with E-state index in [1.54, 1.807) is 48.8 Å². The molecule has 0 spiro atoms. The lowest BCUT2D eigenvalue weighted by atomic mass is 9.86. The molecule has 0 N–H and O–H groups in total. The first-order valence-corrected chi connectivity index (χ1v) is 10.3. The van der Waals surface area contributed by atoms with E-state index in [1.165, 1.54) is 17.0 Å². The normalized spacial score (nSPS) is 18.1. The van der Waals surface area contributed by atoms with Gasteiger partial charge in [0.15, 0.2) is 5.78 Å². The number of hydrogen-bond donors (Lipinski definition) is 0. The van der Waals surface area contributed by atoms with Gasteiger partial charge in [-0.15, -0.1) is 0 Å². The maximum absolute atomic E-state index is 13.4. The molecule has 2 atom stereocenters. The van der Waals surface area contributed by atoms with Crippen LogP contribution < -0.4 is 4.74 Å². The SMILES string of the molecule is CCOc1cccc(C2C(C(=O)c3ccc(F)cc3)C(=O)C(=O)N2Cc2cccnc2)c1. The molecule has 2 aromatic carbocycles. The summed E-state index contributed by atoms with van der Waals surface area (Å²) in [6.45, 7) is 2.42. The van der Waals surface area contributed by atoms with Gasteiger partial charge in [0.05, 0.1) is 12.6 Å². The van der Waals surface area contributed by atoms with E-state index in [0.717, 1.165) is 17.7 Å². The van der Waals surface area contributed by atoms with E-state index in [0.29, 0.717) is 17.9 Å². The number of likely N-dealkylation sites (tertiary alicyclic amines) is 1. The van der Waals surface area contributed by atoms with Crippen LogP contribution in [0.1, 0.15) is 34.5 Å². The first-order chi connectivity index (χ1) is 15.5. The average molecular weight is 432 g/mol. The molecule has 0 bridgehead atoms. The van der Waals surface area contributed by atoms with Crippen molar-refractivity contribution in [1.82, 2.24) is 9.88 Å². The summed E-state index contributed by atoms with van der Waals surface area (Å²) < 4.78 is 19.0. The Morgan fingerprint density at radius 2 is 1.88 bits per heavy atom. The second kappa shape index (κ2) is 9.09. The van der Waals surface area contributed by atoms with Crippen LogP contribution in [0.3, 0.4) is 0 Å². The van der Waals surface area contributed by atoms with Crippen molar-refractivity contribution < 1.29 is 23.5 Å². The molecule has 6 nitrogen and oxygen atoms in total. The number of carbonyl (C=O) groups excluding carboxylic acids is 3. The van der Waals surface area contributed by atoms with Crippen molar-refractivity contribution in [2.24, 2.45) is 5.92 Å². The van der Waals surface area contributed by atoms with Crippen molar-refractivity contribution in [2.75, 3.05) is 6.61 Å². The molecule has 1 aromatic heterocycles. The summed E-state index contributed by atoms with van der Waals surface area (Å²) >= 11 is 0. The molecule has 4 rings (SSSR count). The molecule has 1 aliphatic heterocycles.